The van der Waals surface area contributed by atoms with Crippen LogP contribution in [0.1, 0.15) is 97.5 Å². The normalized spacial score (nSPS) is 48.8. The van der Waals surface area contributed by atoms with Gasteiger partial charge in [-0.05, 0) is 112 Å². The summed E-state index contributed by atoms with van der Waals surface area (Å²) in [6, 6.07) is 11.6. The van der Waals surface area contributed by atoms with Crippen LogP contribution in [0.25, 0.3) is 0 Å². The Labute approximate surface area is 231 Å². The first-order valence-electron chi connectivity index (χ1n) is 16.1. The molecular formula is C35H51NO2. The number of likely N-dealkylation sites (tertiary alicyclic amines) is 1. The Bertz CT molecular complexity index is 1070. The zero-order valence-corrected chi connectivity index (χ0v) is 24.4. The maximum absolute atomic E-state index is 10.4. The van der Waals surface area contributed by atoms with Gasteiger partial charge in [0.2, 0.25) is 0 Å². The summed E-state index contributed by atoms with van der Waals surface area (Å²) < 4.78 is 7.31. The molecule has 0 amide bonds. The SMILES string of the molecule is CC1=C2C[C@H]3[C@@H](CC[C@@H]4CC(O)CC[C@@]43C)[C@@H]2CC[C@@]2(C1)O[C@@H]1C[C@H](C)CN(Cc3ccccc3)[C@H]1[C@H]2C. The van der Waals surface area contributed by atoms with Gasteiger partial charge in [0, 0.05) is 25.0 Å². The van der Waals surface area contributed by atoms with E-state index in [1.54, 1.807) is 5.57 Å². The van der Waals surface area contributed by atoms with Crippen LogP contribution in [0.2, 0.25) is 0 Å². The van der Waals surface area contributed by atoms with Gasteiger partial charge in [-0.1, -0.05) is 62.2 Å². The first-order chi connectivity index (χ1) is 18.3. The zero-order valence-electron chi connectivity index (χ0n) is 24.4. The van der Waals surface area contributed by atoms with Gasteiger partial charge in [-0.3, -0.25) is 4.90 Å². The molecular weight excluding hydrogens is 466 g/mol. The van der Waals surface area contributed by atoms with Crippen molar-refractivity contribution in [1.82, 2.24) is 4.90 Å². The minimum absolute atomic E-state index is 0.0152. The maximum atomic E-state index is 10.4. The molecule has 38 heavy (non-hydrogen) atoms. The van der Waals surface area contributed by atoms with Crippen molar-refractivity contribution in [3.8, 4) is 0 Å². The third-order valence-electron chi connectivity index (χ3n) is 13.1. The molecule has 2 aliphatic heterocycles. The van der Waals surface area contributed by atoms with Crippen LogP contribution >= 0.6 is 0 Å². The lowest BCUT2D eigenvalue weighted by atomic mass is 9.52. The smallest absolute Gasteiger partial charge is 0.0765 e. The molecule has 0 radical (unpaired) electrons. The monoisotopic (exact) mass is 517 g/mol. The summed E-state index contributed by atoms with van der Waals surface area (Å²) in [5.41, 5.74) is 5.42. The molecule has 1 spiro atoms. The fourth-order valence-corrected chi connectivity index (χ4v) is 11.2. The number of hydrogen-bond donors (Lipinski definition) is 1. The molecule has 2 heterocycles. The average molecular weight is 518 g/mol. The summed E-state index contributed by atoms with van der Waals surface area (Å²) in [7, 11) is 0. The summed E-state index contributed by atoms with van der Waals surface area (Å²) in [6.45, 7) is 12.3. The largest absolute Gasteiger partial charge is 0.393 e. The van der Waals surface area contributed by atoms with Crippen molar-refractivity contribution in [3.05, 3.63) is 47.0 Å². The first kappa shape index (κ1) is 25.8. The van der Waals surface area contributed by atoms with Crippen molar-refractivity contribution in [3.63, 3.8) is 0 Å². The fourth-order valence-electron chi connectivity index (χ4n) is 11.2. The lowest BCUT2D eigenvalue weighted by Gasteiger charge is -2.53. The quantitative estimate of drug-likeness (QED) is 0.415. The van der Waals surface area contributed by atoms with Gasteiger partial charge in [-0.15, -0.1) is 0 Å². The molecule has 5 fully saturated rings. The molecule has 1 N–H and O–H groups in total. The summed E-state index contributed by atoms with van der Waals surface area (Å²) in [6.07, 6.45) is 12.6. The number of rotatable bonds is 2. The van der Waals surface area contributed by atoms with Crippen LogP contribution in [0, 0.1) is 40.9 Å². The molecule has 7 rings (SSSR count). The first-order valence-corrected chi connectivity index (χ1v) is 16.1. The number of benzene rings is 1. The highest BCUT2D eigenvalue weighted by Crippen LogP contribution is 2.65. The third kappa shape index (κ3) is 4.00. The van der Waals surface area contributed by atoms with Crippen molar-refractivity contribution in [2.45, 2.75) is 122 Å². The van der Waals surface area contributed by atoms with Gasteiger partial charge in [-0.25, -0.2) is 0 Å². The van der Waals surface area contributed by atoms with E-state index in [1.807, 2.05) is 5.57 Å². The van der Waals surface area contributed by atoms with E-state index in [0.717, 1.165) is 49.5 Å². The summed E-state index contributed by atoms with van der Waals surface area (Å²) in [5, 5.41) is 10.4. The van der Waals surface area contributed by atoms with E-state index in [-0.39, 0.29) is 11.7 Å². The Kier molecular flexibility index (Phi) is 6.41. The number of allylic oxidation sites excluding steroid dienone is 1. The van der Waals surface area contributed by atoms with Crippen LogP contribution in [0.15, 0.2) is 41.5 Å². The molecule has 1 aromatic carbocycles. The van der Waals surface area contributed by atoms with Gasteiger partial charge in [0.1, 0.15) is 0 Å². The van der Waals surface area contributed by atoms with Gasteiger partial charge >= 0.3 is 0 Å². The third-order valence-corrected chi connectivity index (χ3v) is 13.1. The fraction of sp³-hybridized carbons (Fsp3) is 0.771. The second kappa shape index (κ2) is 9.45. The summed E-state index contributed by atoms with van der Waals surface area (Å²) in [5.74, 6) is 4.48. The predicted octanol–water partition coefficient (Wildman–Crippen LogP) is 7.38. The minimum atomic E-state index is -0.0500. The average Bonchev–Trinajstić information content (AvgIpc) is 3.35. The van der Waals surface area contributed by atoms with Crippen LogP contribution in [-0.2, 0) is 11.3 Å². The van der Waals surface area contributed by atoms with E-state index < -0.39 is 0 Å². The van der Waals surface area contributed by atoms with E-state index in [4.69, 9.17) is 4.74 Å². The van der Waals surface area contributed by atoms with Gasteiger partial charge in [0.15, 0.2) is 0 Å². The molecule has 1 aromatic rings. The molecule has 0 bridgehead atoms. The van der Waals surface area contributed by atoms with Crippen molar-refractivity contribution in [2.75, 3.05) is 6.54 Å². The summed E-state index contributed by atoms with van der Waals surface area (Å²) >= 11 is 0. The van der Waals surface area contributed by atoms with Crippen molar-refractivity contribution in [1.29, 1.82) is 0 Å². The van der Waals surface area contributed by atoms with Crippen molar-refractivity contribution < 1.29 is 9.84 Å². The number of piperidine rings is 1. The van der Waals surface area contributed by atoms with E-state index in [1.165, 1.54) is 57.1 Å². The number of ether oxygens (including phenoxy) is 1. The highest BCUT2D eigenvalue weighted by atomic mass is 16.5. The van der Waals surface area contributed by atoms with Gasteiger partial charge in [0.25, 0.3) is 0 Å². The standard InChI is InChI=1S/C35H51NO2/c1-22-16-32-33(36(20-22)21-25-8-6-5-7-9-25)24(3)35(38-32)15-13-28-29-11-10-26-17-27(37)12-14-34(26,4)31(29)18-30(28)23(2)19-35/h5-9,22,24,26-29,31-33,37H,10-21H2,1-4H3/t22-,24+,26+,27?,28-,29-,31-,32+,33-,34-,35-/m0/s1. The Balaban J connectivity index is 1.15. The highest BCUT2D eigenvalue weighted by molar-refractivity contribution is 5.29. The molecule has 1 unspecified atom stereocenters. The van der Waals surface area contributed by atoms with E-state index >= 15 is 0 Å². The molecule has 11 atom stereocenters. The van der Waals surface area contributed by atoms with E-state index in [0.29, 0.717) is 29.4 Å². The van der Waals surface area contributed by atoms with Crippen LogP contribution in [0.4, 0.5) is 0 Å². The second-order valence-corrected chi connectivity index (χ2v) is 15.1. The Morgan fingerprint density at radius 3 is 2.66 bits per heavy atom. The van der Waals surface area contributed by atoms with E-state index in [2.05, 4.69) is 62.9 Å². The van der Waals surface area contributed by atoms with Gasteiger partial charge in [-0.2, -0.15) is 0 Å². The molecule has 0 aromatic heterocycles. The number of fused-ring (bicyclic) bond motifs is 6. The van der Waals surface area contributed by atoms with Gasteiger partial charge in [0.05, 0.1) is 17.8 Å². The Hall–Kier alpha value is -1.16. The topological polar surface area (TPSA) is 32.7 Å². The summed E-state index contributed by atoms with van der Waals surface area (Å²) in [4.78, 5) is 2.79. The molecule has 4 aliphatic carbocycles. The highest BCUT2D eigenvalue weighted by Gasteiger charge is 2.60. The van der Waals surface area contributed by atoms with Crippen molar-refractivity contribution in [2.24, 2.45) is 40.9 Å². The minimum Gasteiger partial charge on any atom is -0.393 e. The van der Waals surface area contributed by atoms with Crippen LogP contribution < -0.4 is 0 Å². The molecule has 3 heteroatoms. The lowest BCUT2D eigenvalue weighted by Crippen LogP contribution is -2.51. The van der Waals surface area contributed by atoms with Crippen molar-refractivity contribution >= 4 is 0 Å². The number of aliphatic hydroxyl groups excluding tert-OH is 1. The van der Waals surface area contributed by atoms with Gasteiger partial charge < -0.3 is 9.84 Å². The maximum Gasteiger partial charge on any atom is 0.0765 e. The lowest BCUT2D eigenvalue weighted by molar-refractivity contribution is -0.0843. The number of nitrogens with zero attached hydrogens (tertiary/aromatic N) is 1. The molecule has 3 nitrogen and oxygen atoms in total. The van der Waals surface area contributed by atoms with Crippen LogP contribution in [0.5, 0.6) is 0 Å². The van der Waals surface area contributed by atoms with E-state index in [9.17, 15) is 5.11 Å². The Morgan fingerprint density at radius 2 is 1.84 bits per heavy atom. The zero-order chi connectivity index (χ0) is 26.2. The second-order valence-electron chi connectivity index (χ2n) is 15.1. The van der Waals surface area contributed by atoms with Crippen LogP contribution in [0.3, 0.4) is 0 Å². The number of aliphatic hydroxyl groups is 1. The van der Waals surface area contributed by atoms with Crippen LogP contribution in [-0.4, -0.2) is 40.4 Å². The molecule has 3 saturated carbocycles. The number of hydrogen-bond acceptors (Lipinski definition) is 3. The Morgan fingerprint density at radius 1 is 1.03 bits per heavy atom. The molecule has 208 valence electrons. The molecule has 6 aliphatic rings. The molecule has 2 saturated heterocycles. The predicted molar refractivity (Wildman–Crippen MR) is 154 cm³/mol.